The average Bonchev–Trinajstić information content (AvgIpc) is 2.66. The van der Waals surface area contributed by atoms with E-state index in [-0.39, 0.29) is 12.0 Å². The molecule has 0 aliphatic heterocycles. The summed E-state index contributed by atoms with van der Waals surface area (Å²) in [6.45, 7) is 2.66. The van der Waals surface area contributed by atoms with Crippen molar-refractivity contribution >= 4 is 5.91 Å². The lowest BCUT2D eigenvalue weighted by molar-refractivity contribution is 0.0942. The minimum absolute atomic E-state index is 0.170. The second-order valence-corrected chi connectivity index (χ2v) is 5.74. The Morgan fingerprint density at radius 3 is 2.84 bits per heavy atom. The number of aliphatic hydroxyl groups excluding tert-OH is 1. The van der Waals surface area contributed by atoms with Gasteiger partial charge in [-0.15, -0.1) is 0 Å². The summed E-state index contributed by atoms with van der Waals surface area (Å²) in [4.78, 5) is 12.2. The first-order chi connectivity index (χ1) is 12.1. The Labute approximate surface area is 147 Å². The Bertz CT molecular complexity index is 753. The number of ether oxygens (including phenoxy) is 1. The number of nitriles is 1. The predicted octanol–water partition coefficient (Wildman–Crippen LogP) is 3.03. The number of hydrogen-bond acceptors (Lipinski definition) is 4. The predicted molar refractivity (Wildman–Crippen MR) is 95.2 cm³/mol. The summed E-state index contributed by atoms with van der Waals surface area (Å²) in [7, 11) is 0. The molecule has 1 unspecified atom stereocenters. The SMILES string of the molecule is CCC(O)CCNC(=O)c1cccc(COc2cccc(C#N)c2)c1. The summed E-state index contributed by atoms with van der Waals surface area (Å²) >= 11 is 0. The molecule has 25 heavy (non-hydrogen) atoms. The highest BCUT2D eigenvalue weighted by molar-refractivity contribution is 5.94. The van der Waals surface area contributed by atoms with Gasteiger partial charge in [-0.3, -0.25) is 4.79 Å². The summed E-state index contributed by atoms with van der Waals surface area (Å²) in [5, 5.41) is 21.2. The molecule has 0 radical (unpaired) electrons. The first-order valence-electron chi connectivity index (χ1n) is 8.30. The Morgan fingerprint density at radius 1 is 1.28 bits per heavy atom. The fourth-order valence-corrected chi connectivity index (χ4v) is 2.28. The summed E-state index contributed by atoms with van der Waals surface area (Å²) in [5.74, 6) is 0.444. The van der Waals surface area contributed by atoms with E-state index in [1.54, 1.807) is 42.5 Å². The lowest BCUT2D eigenvalue weighted by Gasteiger charge is -2.10. The zero-order chi connectivity index (χ0) is 18.1. The van der Waals surface area contributed by atoms with E-state index in [1.165, 1.54) is 0 Å². The van der Waals surface area contributed by atoms with Gasteiger partial charge in [-0.2, -0.15) is 5.26 Å². The van der Waals surface area contributed by atoms with Crippen molar-refractivity contribution in [3.05, 3.63) is 65.2 Å². The van der Waals surface area contributed by atoms with E-state index in [0.29, 0.717) is 42.9 Å². The topological polar surface area (TPSA) is 82.3 Å². The molecule has 2 aromatic carbocycles. The lowest BCUT2D eigenvalue weighted by Crippen LogP contribution is -2.27. The van der Waals surface area contributed by atoms with Gasteiger partial charge in [0.2, 0.25) is 0 Å². The molecule has 0 aromatic heterocycles. The van der Waals surface area contributed by atoms with Crippen LogP contribution in [0.25, 0.3) is 0 Å². The number of aliphatic hydroxyl groups is 1. The van der Waals surface area contributed by atoms with Gasteiger partial charge in [-0.1, -0.05) is 25.1 Å². The summed E-state index contributed by atoms with van der Waals surface area (Å²) in [6, 6.07) is 16.2. The van der Waals surface area contributed by atoms with Crippen molar-refractivity contribution in [2.24, 2.45) is 0 Å². The minimum Gasteiger partial charge on any atom is -0.489 e. The van der Waals surface area contributed by atoms with Crippen LogP contribution in [0.2, 0.25) is 0 Å². The van der Waals surface area contributed by atoms with Crippen LogP contribution in [0, 0.1) is 11.3 Å². The quantitative estimate of drug-likeness (QED) is 0.775. The van der Waals surface area contributed by atoms with Crippen LogP contribution in [0.15, 0.2) is 48.5 Å². The average molecular weight is 338 g/mol. The van der Waals surface area contributed by atoms with Gasteiger partial charge in [0.05, 0.1) is 17.7 Å². The van der Waals surface area contributed by atoms with E-state index in [9.17, 15) is 9.90 Å². The van der Waals surface area contributed by atoms with Crippen molar-refractivity contribution in [3.8, 4) is 11.8 Å². The number of nitrogens with one attached hydrogen (secondary N) is 1. The molecule has 0 bridgehead atoms. The molecule has 5 nitrogen and oxygen atoms in total. The number of amides is 1. The van der Waals surface area contributed by atoms with Gasteiger partial charge in [0.25, 0.3) is 5.91 Å². The van der Waals surface area contributed by atoms with Crippen molar-refractivity contribution in [2.45, 2.75) is 32.5 Å². The molecule has 2 N–H and O–H groups in total. The fourth-order valence-electron chi connectivity index (χ4n) is 2.28. The third kappa shape index (κ3) is 5.94. The molecule has 0 aliphatic carbocycles. The van der Waals surface area contributed by atoms with Gasteiger partial charge in [0, 0.05) is 12.1 Å². The smallest absolute Gasteiger partial charge is 0.251 e. The van der Waals surface area contributed by atoms with E-state index in [0.717, 1.165) is 5.56 Å². The second kappa shape index (κ2) is 9.45. The van der Waals surface area contributed by atoms with Crippen molar-refractivity contribution in [2.75, 3.05) is 6.54 Å². The summed E-state index contributed by atoms with van der Waals surface area (Å²) in [5.41, 5.74) is 1.96. The van der Waals surface area contributed by atoms with Crippen LogP contribution in [-0.2, 0) is 6.61 Å². The van der Waals surface area contributed by atoms with E-state index in [4.69, 9.17) is 10.00 Å². The molecule has 0 saturated carbocycles. The minimum atomic E-state index is -0.385. The molecule has 2 rings (SSSR count). The molecule has 0 fully saturated rings. The van der Waals surface area contributed by atoms with Crippen LogP contribution in [0.4, 0.5) is 0 Å². The highest BCUT2D eigenvalue weighted by Gasteiger charge is 2.08. The first kappa shape index (κ1) is 18.5. The molecule has 0 saturated heterocycles. The van der Waals surface area contributed by atoms with Crippen molar-refractivity contribution in [3.63, 3.8) is 0 Å². The third-order valence-corrected chi connectivity index (χ3v) is 3.79. The molecule has 1 amide bonds. The van der Waals surface area contributed by atoms with Crippen molar-refractivity contribution in [1.29, 1.82) is 5.26 Å². The number of rotatable bonds is 8. The zero-order valence-electron chi connectivity index (χ0n) is 14.2. The molecule has 1 atom stereocenters. The Hall–Kier alpha value is -2.84. The molecule has 5 heteroatoms. The molecular formula is C20H22N2O3. The highest BCUT2D eigenvalue weighted by Crippen LogP contribution is 2.15. The van der Waals surface area contributed by atoms with Gasteiger partial charge in [-0.05, 0) is 48.7 Å². The normalized spacial score (nSPS) is 11.4. The maximum Gasteiger partial charge on any atom is 0.251 e. The molecular weight excluding hydrogens is 316 g/mol. The molecule has 0 spiro atoms. The second-order valence-electron chi connectivity index (χ2n) is 5.74. The van der Waals surface area contributed by atoms with Crippen LogP contribution in [0.1, 0.15) is 41.3 Å². The fraction of sp³-hybridized carbons (Fsp3) is 0.300. The monoisotopic (exact) mass is 338 g/mol. The van der Waals surface area contributed by atoms with E-state index < -0.39 is 0 Å². The maximum absolute atomic E-state index is 12.2. The van der Waals surface area contributed by atoms with E-state index in [1.807, 2.05) is 13.0 Å². The number of benzene rings is 2. The van der Waals surface area contributed by atoms with E-state index in [2.05, 4.69) is 11.4 Å². The number of carbonyl (C=O) groups is 1. The van der Waals surface area contributed by atoms with Crippen LogP contribution >= 0.6 is 0 Å². The van der Waals surface area contributed by atoms with Gasteiger partial charge >= 0.3 is 0 Å². The summed E-state index contributed by atoms with van der Waals surface area (Å²) in [6.07, 6.45) is 0.833. The van der Waals surface area contributed by atoms with Gasteiger partial charge < -0.3 is 15.2 Å². The van der Waals surface area contributed by atoms with Crippen LogP contribution in [-0.4, -0.2) is 23.7 Å². The molecule has 0 aliphatic rings. The van der Waals surface area contributed by atoms with Crippen LogP contribution < -0.4 is 10.1 Å². The molecule has 2 aromatic rings. The number of carbonyl (C=O) groups excluding carboxylic acids is 1. The highest BCUT2D eigenvalue weighted by atomic mass is 16.5. The van der Waals surface area contributed by atoms with Crippen LogP contribution in [0.5, 0.6) is 5.75 Å². The zero-order valence-corrected chi connectivity index (χ0v) is 14.2. The lowest BCUT2D eigenvalue weighted by atomic mass is 10.1. The number of hydrogen-bond donors (Lipinski definition) is 2. The molecule has 130 valence electrons. The largest absolute Gasteiger partial charge is 0.489 e. The summed E-state index contributed by atoms with van der Waals surface area (Å²) < 4.78 is 5.68. The number of nitrogens with zero attached hydrogens (tertiary/aromatic N) is 1. The van der Waals surface area contributed by atoms with Gasteiger partial charge in [0.1, 0.15) is 12.4 Å². The standard InChI is InChI=1S/C20H22N2O3/c1-2-18(23)9-10-22-20(24)17-7-3-6-16(11-17)14-25-19-8-4-5-15(12-19)13-21/h3-8,11-12,18,23H,2,9-10,14H2,1H3,(H,22,24). The van der Waals surface area contributed by atoms with Crippen molar-refractivity contribution in [1.82, 2.24) is 5.32 Å². The van der Waals surface area contributed by atoms with Crippen LogP contribution in [0.3, 0.4) is 0 Å². The Morgan fingerprint density at radius 2 is 2.08 bits per heavy atom. The van der Waals surface area contributed by atoms with Gasteiger partial charge in [0.15, 0.2) is 0 Å². The maximum atomic E-state index is 12.2. The molecule has 0 heterocycles. The van der Waals surface area contributed by atoms with E-state index >= 15 is 0 Å². The third-order valence-electron chi connectivity index (χ3n) is 3.79. The van der Waals surface area contributed by atoms with Crippen molar-refractivity contribution < 1.29 is 14.6 Å². The van der Waals surface area contributed by atoms with Gasteiger partial charge in [-0.25, -0.2) is 0 Å². The first-order valence-corrected chi connectivity index (χ1v) is 8.30. The Balaban J connectivity index is 1.91. The Kier molecular flexibility index (Phi) is 7.00.